The number of amides is 2. The zero-order chi connectivity index (χ0) is 27.5. The molecule has 0 heterocycles. The van der Waals surface area contributed by atoms with E-state index in [2.05, 4.69) is 11.9 Å². The lowest BCUT2D eigenvalue weighted by molar-refractivity contribution is -0.120. The summed E-state index contributed by atoms with van der Waals surface area (Å²) in [6, 6.07) is 9.93. The van der Waals surface area contributed by atoms with Crippen LogP contribution in [0.1, 0.15) is 64.2 Å². The molecule has 6 nitrogen and oxygen atoms in total. The van der Waals surface area contributed by atoms with Crippen molar-refractivity contribution in [1.29, 1.82) is 0 Å². The van der Waals surface area contributed by atoms with Gasteiger partial charge in [-0.15, -0.1) is 0 Å². The molecule has 2 aromatic carbocycles. The van der Waals surface area contributed by atoms with Crippen LogP contribution in [0.2, 0.25) is 0 Å². The summed E-state index contributed by atoms with van der Waals surface area (Å²) in [4.78, 5) is 26.9. The van der Waals surface area contributed by atoms with Gasteiger partial charge in [0.2, 0.25) is 5.91 Å². The molecule has 200 valence electrons. The third-order valence-corrected chi connectivity index (χ3v) is 6.35. The monoisotopic (exact) mass is 514 g/mol. The van der Waals surface area contributed by atoms with Gasteiger partial charge in [-0.25, -0.2) is 13.6 Å². The molecule has 2 aromatic rings. The fraction of sp³-hybridized carbons (Fsp3) is 0.448. The number of aliphatic hydroxyl groups is 1. The Balaban J connectivity index is 1.95. The van der Waals surface area contributed by atoms with Crippen LogP contribution in [0.5, 0.6) is 0 Å². The standard InChI is InChI=1S/C29H36F2N2O4/c1-18(2)21-8-7-9-22(15-21)29(10-11-29)33(27(36)37-28(4,5)6)17-26(35)25(32-19(3)34)14-20-12-23(30)16-24(31)13-20/h7-9,12-13,15-16,25-26,35H,1,10-11,14,17H2,2-6H3,(H,32,34)/t25-,26+/m0/s1. The van der Waals surface area contributed by atoms with Crippen molar-refractivity contribution < 1.29 is 28.2 Å². The van der Waals surface area contributed by atoms with Gasteiger partial charge in [0.05, 0.1) is 24.2 Å². The minimum absolute atomic E-state index is 0.0320. The molecule has 0 aliphatic heterocycles. The van der Waals surface area contributed by atoms with Gasteiger partial charge in [0, 0.05) is 13.0 Å². The maximum absolute atomic E-state index is 13.8. The molecule has 3 rings (SSSR count). The number of aliphatic hydroxyl groups excluding tert-OH is 1. The highest BCUT2D eigenvalue weighted by atomic mass is 19.1. The van der Waals surface area contributed by atoms with Crippen LogP contribution >= 0.6 is 0 Å². The average Bonchev–Trinajstić information content (AvgIpc) is 3.56. The first-order valence-electron chi connectivity index (χ1n) is 12.4. The van der Waals surface area contributed by atoms with Crippen molar-refractivity contribution in [2.24, 2.45) is 0 Å². The maximum atomic E-state index is 13.8. The first-order chi connectivity index (χ1) is 17.2. The lowest BCUT2D eigenvalue weighted by atomic mass is 9.96. The molecule has 1 saturated carbocycles. The highest BCUT2D eigenvalue weighted by Crippen LogP contribution is 2.52. The Hall–Kier alpha value is -3.26. The molecule has 0 saturated heterocycles. The molecular formula is C29H36F2N2O4. The van der Waals surface area contributed by atoms with E-state index in [1.807, 2.05) is 31.2 Å². The molecule has 8 heteroatoms. The third-order valence-electron chi connectivity index (χ3n) is 6.35. The number of nitrogens with one attached hydrogen (secondary N) is 1. The second kappa shape index (κ2) is 11.0. The van der Waals surface area contributed by atoms with Gasteiger partial charge < -0.3 is 15.2 Å². The summed E-state index contributed by atoms with van der Waals surface area (Å²) in [5.41, 5.74) is 1.53. The highest BCUT2D eigenvalue weighted by molar-refractivity contribution is 5.73. The van der Waals surface area contributed by atoms with E-state index in [1.165, 1.54) is 11.8 Å². The van der Waals surface area contributed by atoms with Crippen LogP contribution in [0.4, 0.5) is 13.6 Å². The molecule has 0 unspecified atom stereocenters. The lowest BCUT2D eigenvalue weighted by Crippen LogP contribution is -2.53. The molecule has 2 amide bonds. The minimum atomic E-state index is -1.25. The van der Waals surface area contributed by atoms with E-state index in [0.717, 1.165) is 34.9 Å². The van der Waals surface area contributed by atoms with Gasteiger partial charge in [-0.2, -0.15) is 0 Å². The predicted octanol–water partition coefficient (Wildman–Crippen LogP) is 5.33. The largest absolute Gasteiger partial charge is 0.444 e. The second-order valence-electron chi connectivity index (χ2n) is 10.8. The number of hydrogen-bond acceptors (Lipinski definition) is 4. The zero-order valence-corrected chi connectivity index (χ0v) is 22.1. The Morgan fingerprint density at radius 3 is 2.27 bits per heavy atom. The number of hydrogen-bond donors (Lipinski definition) is 2. The number of allylic oxidation sites excluding steroid dienone is 1. The Morgan fingerprint density at radius 2 is 1.76 bits per heavy atom. The van der Waals surface area contributed by atoms with Crippen molar-refractivity contribution in [3.05, 3.63) is 77.4 Å². The quantitative estimate of drug-likeness (QED) is 0.474. The molecular weight excluding hydrogens is 478 g/mol. The molecule has 1 aliphatic rings. The molecule has 0 spiro atoms. The number of halogens is 2. The summed E-state index contributed by atoms with van der Waals surface area (Å²) in [7, 11) is 0. The minimum Gasteiger partial charge on any atom is -0.444 e. The molecule has 0 bridgehead atoms. The summed E-state index contributed by atoms with van der Waals surface area (Å²) in [5, 5.41) is 14.0. The van der Waals surface area contributed by atoms with Crippen LogP contribution in [0.25, 0.3) is 5.57 Å². The van der Waals surface area contributed by atoms with E-state index < -0.39 is 46.9 Å². The van der Waals surface area contributed by atoms with Crippen LogP contribution in [0.15, 0.2) is 49.0 Å². The van der Waals surface area contributed by atoms with Crippen LogP contribution in [0.3, 0.4) is 0 Å². The number of carbonyl (C=O) groups excluding carboxylic acids is 2. The molecule has 0 aromatic heterocycles. The lowest BCUT2D eigenvalue weighted by Gasteiger charge is -2.37. The number of carbonyl (C=O) groups is 2. The number of rotatable bonds is 9. The second-order valence-corrected chi connectivity index (χ2v) is 10.8. The van der Waals surface area contributed by atoms with Crippen molar-refractivity contribution in [2.75, 3.05) is 6.54 Å². The van der Waals surface area contributed by atoms with E-state index in [0.29, 0.717) is 12.8 Å². The van der Waals surface area contributed by atoms with E-state index in [-0.39, 0.29) is 18.5 Å². The van der Waals surface area contributed by atoms with Crippen LogP contribution < -0.4 is 5.32 Å². The summed E-state index contributed by atoms with van der Waals surface area (Å²) in [6.45, 7) is 12.3. The van der Waals surface area contributed by atoms with E-state index in [1.54, 1.807) is 20.8 Å². The molecule has 37 heavy (non-hydrogen) atoms. The van der Waals surface area contributed by atoms with Crippen LogP contribution in [-0.2, 0) is 21.5 Å². The van der Waals surface area contributed by atoms with Gasteiger partial charge in [0.15, 0.2) is 0 Å². The average molecular weight is 515 g/mol. The first-order valence-corrected chi connectivity index (χ1v) is 12.4. The van der Waals surface area contributed by atoms with Gasteiger partial charge in [-0.3, -0.25) is 9.69 Å². The van der Waals surface area contributed by atoms with Gasteiger partial charge in [-0.05, 0) is 81.8 Å². The summed E-state index contributed by atoms with van der Waals surface area (Å²) in [5.74, 6) is -1.92. The van der Waals surface area contributed by atoms with Crippen molar-refractivity contribution in [3.63, 3.8) is 0 Å². The molecule has 2 N–H and O–H groups in total. The number of ether oxygens (including phenoxy) is 1. The molecule has 1 fully saturated rings. The Labute approximate surface area is 217 Å². The van der Waals surface area contributed by atoms with Crippen molar-refractivity contribution >= 4 is 17.6 Å². The molecule has 1 aliphatic carbocycles. The van der Waals surface area contributed by atoms with E-state index in [4.69, 9.17) is 4.74 Å². The van der Waals surface area contributed by atoms with Gasteiger partial charge in [0.25, 0.3) is 0 Å². The maximum Gasteiger partial charge on any atom is 0.411 e. The smallest absolute Gasteiger partial charge is 0.411 e. The van der Waals surface area contributed by atoms with Crippen molar-refractivity contribution in [1.82, 2.24) is 10.2 Å². The number of nitrogens with zero attached hydrogens (tertiary/aromatic N) is 1. The van der Waals surface area contributed by atoms with Gasteiger partial charge in [-0.1, -0.05) is 30.4 Å². The fourth-order valence-electron chi connectivity index (χ4n) is 4.49. The van der Waals surface area contributed by atoms with Crippen LogP contribution in [0, 0.1) is 11.6 Å². The predicted molar refractivity (Wildman–Crippen MR) is 139 cm³/mol. The highest BCUT2D eigenvalue weighted by Gasteiger charge is 2.53. The summed E-state index contributed by atoms with van der Waals surface area (Å²) in [6.07, 6.45) is -0.542. The Morgan fingerprint density at radius 1 is 1.14 bits per heavy atom. The normalized spacial score (nSPS) is 15.9. The van der Waals surface area contributed by atoms with E-state index in [9.17, 15) is 23.5 Å². The van der Waals surface area contributed by atoms with E-state index >= 15 is 0 Å². The SMILES string of the molecule is C=C(C)c1cccc(C2(N(C[C@@H](O)[C@H](Cc3cc(F)cc(F)c3)NC(C)=O)C(=O)OC(C)(C)C)CC2)c1. The molecule has 2 atom stereocenters. The summed E-state index contributed by atoms with van der Waals surface area (Å²) >= 11 is 0. The van der Waals surface area contributed by atoms with Gasteiger partial charge >= 0.3 is 6.09 Å². The van der Waals surface area contributed by atoms with Gasteiger partial charge in [0.1, 0.15) is 17.2 Å². The Kier molecular flexibility index (Phi) is 8.42. The van der Waals surface area contributed by atoms with Crippen molar-refractivity contribution in [2.45, 2.75) is 77.2 Å². The molecule has 0 radical (unpaired) electrons. The third kappa shape index (κ3) is 7.38. The van der Waals surface area contributed by atoms with Crippen molar-refractivity contribution in [3.8, 4) is 0 Å². The first kappa shape index (κ1) is 28.3. The van der Waals surface area contributed by atoms with Crippen LogP contribution in [-0.4, -0.2) is 46.3 Å². The fourth-order valence-corrected chi connectivity index (χ4v) is 4.49. The summed E-state index contributed by atoms with van der Waals surface area (Å²) < 4.78 is 33.3. The number of benzene rings is 2. The Bertz CT molecular complexity index is 1150. The topological polar surface area (TPSA) is 78.9 Å². The zero-order valence-electron chi connectivity index (χ0n) is 22.1.